The lowest BCUT2D eigenvalue weighted by molar-refractivity contribution is 0.0221. The van der Waals surface area contributed by atoms with Gasteiger partial charge in [-0.3, -0.25) is 4.79 Å². The van der Waals surface area contributed by atoms with Gasteiger partial charge in [-0.25, -0.2) is 9.78 Å². The van der Waals surface area contributed by atoms with Crippen LogP contribution < -0.4 is 0 Å². The molecule has 0 radical (unpaired) electrons. The van der Waals surface area contributed by atoms with Crippen LogP contribution in [0.25, 0.3) is 11.4 Å². The summed E-state index contributed by atoms with van der Waals surface area (Å²) in [6, 6.07) is 14.0. The first-order valence-corrected chi connectivity index (χ1v) is 14.0. The second-order valence-corrected chi connectivity index (χ2v) is 11.9. The predicted molar refractivity (Wildman–Crippen MR) is 153 cm³/mol. The molecule has 1 N–H and O–H groups in total. The molecular formula is C32H37N5O3. The topological polar surface area (TPSA) is 102 Å². The quantitative estimate of drug-likeness (QED) is 0.448. The molecule has 2 amide bonds. The summed E-state index contributed by atoms with van der Waals surface area (Å²) in [6.07, 6.45) is 2.12. The zero-order valence-electron chi connectivity index (χ0n) is 24.0. The Balaban J connectivity index is 1.31. The molecule has 40 heavy (non-hydrogen) atoms. The first-order valence-electron chi connectivity index (χ1n) is 14.0. The average Bonchev–Trinajstić information content (AvgIpc) is 3.35. The van der Waals surface area contributed by atoms with Crippen molar-refractivity contribution >= 4 is 12.0 Å². The highest BCUT2D eigenvalue weighted by Gasteiger charge is 2.29. The molecule has 2 aromatic carbocycles. The summed E-state index contributed by atoms with van der Waals surface area (Å²) in [7, 11) is 0. The number of hydrogen-bond donors (Lipinski definition) is 1. The lowest BCUT2D eigenvalue weighted by atomic mass is 9.88. The Hall–Kier alpha value is -4.12. The van der Waals surface area contributed by atoms with Crippen LogP contribution in [-0.2, 0) is 17.7 Å². The van der Waals surface area contributed by atoms with E-state index in [2.05, 4.69) is 17.1 Å². The molecule has 3 heterocycles. The van der Waals surface area contributed by atoms with Crippen molar-refractivity contribution in [3.8, 4) is 17.5 Å². The molecule has 0 spiro atoms. The van der Waals surface area contributed by atoms with E-state index in [4.69, 9.17) is 15.0 Å². The maximum atomic E-state index is 13.7. The molecule has 1 saturated heterocycles. The number of aromatic amines is 1. The number of carbonyl (C=O) groups is 2. The van der Waals surface area contributed by atoms with Crippen molar-refractivity contribution in [2.24, 2.45) is 0 Å². The third-order valence-corrected chi connectivity index (χ3v) is 7.83. The number of H-pyrrole nitrogens is 1. The van der Waals surface area contributed by atoms with Gasteiger partial charge in [-0.1, -0.05) is 18.2 Å². The molecule has 5 rings (SSSR count). The van der Waals surface area contributed by atoms with Crippen LogP contribution >= 0.6 is 0 Å². The van der Waals surface area contributed by atoms with Gasteiger partial charge in [0.15, 0.2) is 0 Å². The number of likely N-dealkylation sites (tertiary alicyclic amines) is 1. The van der Waals surface area contributed by atoms with Crippen LogP contribution in [0.1, 0.15) is 83.5 Å². The summed E-state index contributed by atoms with van der Waals surface area (Å²) < 4.78 is 5.56. The van der Waals surface area contributed by atoms with Crippen molar-refractivity contribution in [2.45, 2.75) is 71.9 Å². The molecule has 8 nitrogen and oxygen atoms in total. The number of rotatable bonds is 3. The summed E-state index contributed by atoms with van der Waals surface area (Å²) >= 11 is 0. The Kier molecular flexibility index (Phi) is 7.41. The molecule has 0 aliphatic carbocycles. The number of nitrogens with one attached hydrogen (secondary N) is 1. The normalized spacial score (nSPS) is 15.9. The smallest absolute Gasteiger partial charge is 0.410 e. The molecule has 2 aliphatic heterocycles. The van der Waals surface area contributed by atoms with E-state index in [0.29, 0.717) is 49.6 Å². The van der Waals surface area contributed by atoms with E-state index in [-0.39, 0.29) is 12.0 Å². The highest BCUT2D eigenvalue weighted by atomic mass is 16.6. The van der Waals surface area contributed by atoms with E-state index in [1.807, 2.05) is 69.9 Å². The highest BCUT2D eigenvalue weighted by Crippen LogP contribution is 2.32. The van der Waals surface area contributed by atoms with Gasteiger partial charge in [-0.05, 0) is 88.3 Å². The zero-order chi connectivity index (χ0) is 28.6. The lowest BCUT2D eigenvalue weighted by Crippen LogP contribution is -2.39. The van der Waals surface area contributed by atoms with E-state index in [1.54, 1.807) is 4.90 Å². The van der Waals surface area contributed by atoms with Crippen LogP contribution in [0.15, 0.2) is 36.4 Å². The van der Waals surface area contributed by atoms with Crippen LogP contribution in [0.2, 0.25) is 0 Å². The summed E-state index contributed by atoms with van der Waals surface area (Å²) in [5, 5.41) is 9.06. The Morgan fingerprint density at radius 1 is 1.02 bits per heavy atom. The first-order chi connectivity index (χ1) is 19.0. The Morgan fingerprint density at radius 2 is 1.73 bits per heavy atom. The molecule has 1 fully saturated rings. The van der Waals surface area contributed by atoms with Gasteiger partial charge < -0.3 is 19.5 Å². The fourth-order valence-corrected chi connectivity index (χ4v) is 5.66. The monoisotopic (exact) mass is 539 g/mol. The fourth-order valence-electron chi connectivity index (χ4n) is 5.66. The van der Waals surface area contributed by atoms with E-state index >= 15 is 0 Å². The van der Waals surface area contributed by atoms with Crippen molar-refractivity contribution in [1.82, 2.24) is 19.8 Å². The second kappa shape index (κ2) is 10.8. The molecule has 3 aromatic rings. The number of piperidine rings is 1. The molecular weight excluding hydrogens is 502 g/mol. The number of aryl methyl sites for hydroxylation is 2. The van der Waals surface area contributed by atoms with E-state index in [9.17, 15) is 9.59 Å². The first kappa shape index (κ1) is 27.4. The number of amides is 2. The number of nitriles is 1. The van der Waals surface area contributed by atoms with Gasteiger partial charge in [0, 0.05) is 37.2 Å². The van der Waals surface area contributed by atoms with Gasteiger partial charge in [0.1, 0.15) is 11.4 Å². The Labute approximate surface area is 236 Å². The zero-order valence-corrected chi connectivity index (χ0v) is 24.0. The Morgan fingerprint density at radius 3 is 2.38 bits per heavy atom. The van der Waals surface area contributed by atoms with E-state index < -0.39 is 5.60 Å². The molecule has 208 valence electrons. The molecule has 2 aliphatic rings. The Bertz CT molecular complexity index is 1470. The number of aromatic nitrogens is 2. The minimum atomic E-state index is -0.544. The van der Waals surface area contributed by atoms with Crippen LogP contribution in [0.3, 0.4) is 0 Å². The summed E-state index contributed by atoms with van der Waals surface area (Å²) in [4.78, 5) is 38.2. The summed E-state index contributed by atoms with van der Waals surface area (Å²) in [5.74, 6) is 1.16. The van der Waals surface area contributed by atoms with Crippen molar-refractivity contribution in [2.75, 3.05) is 19.6 Å². The van der Waals surface area contributed by atoms with Gasteiger partial charge in [-0.2, -0.15) is 5.26 Å². The van der Waals surface area contributed by atoms with Crippen molar-refractivity contribution in [3.05, 3.63) is 75.6 Å². The van der Waals surface area contributed by atoms with Gasteiger partial charge in [0.05, 0.1) is 29.6 Å². The minimum absolute atomic E-state index is 0.0458. The highest BCUT2D eigenvalue weighted by molar-refractivity contribution is 5.97. The second-order valence-electron chi connectivity index (χ2n) is 11.9. The molecule has 0 saturated carbocycles. The fraction of sp³-hybridized carbons (Fsp3) is 0.438. The van der Waals surface area contributed by atoms with E-state index in [0.717, 1.165) is 46.7 Å². The van der Waals surface area contributed by atoms with Crippen LogP contribution in [0.4, 0.5) is 4.79 Å². The number of fused-ring (bicyclic) bond motifs is 1. The largest absolute Gasteiger partial charge is 0.444 e. The number of imidazole rings is 1. The van der Waals surface area contributed by atoms with Crippen molar-refractivity contribution in [1.29, 1.82) is 5.26 Å². The molecule has 1 aromatic heterocycles. The van der Waals surface area contributed by atoms with Gasteiger partial charge in [0.2, 0.25) is 0 Å². The molecule has 8 heteroatoms. The molecule has 0 bridgehead atoms. The number of benzene rings is 2. The maximum absolute atomic E-state index is 13.7. The number of ether oxygens (including phenoxy) is 1. The minimum Gasteiger partial charge on any atom is -0.444 e. The van der Waals surface area contributed by atoms with Crippen molar-refractivity contribution in [3.63, 3.8) is 0 Å². The third kappa shape index (κ3) is 5.74. The summed E-state index contributed by atoms with van der Waals surface area (Å²) in [5.41, 5.74) is 6.81. The van der Waals surface area contributed by atoms with Crippen LogP contribution in [0, 0.1) is 25.2 Å². The number of hydrogen-bond acceptors (Lipinski definition) is 5. The maximum Gasteiger partial charge on any atom is 0.410 e. The predicted octanol–water partition coefficient (Wildman–Crippen LogP) is 5.88. The van der Waals surface area contributed by atoms with Crippen LogP contribution in [0.5, 0.6) is 0 Å². The standard InChI is InChI=1S/C32H37N5O3/c1-20-16-21(2)26(30(38)36-13-10-24(11-14-36)23-8-6-22(18-33)7-9-23)17-25(20)29-34-27-12-15-37(19-28(27)35-29)31(39)40-32(3,4)5/h6-9,16-17,24H,10-15,19H2,1-5H3,(H,34,35). The van der Waals surface area contributed by atoms with Gasteiger partial charge >= 0.3 is 6.09 Å². The number of carbonyl (C=O) groups excluding carboxylic acids is 2. The summed E-state index contributed by atoms with van der Waals surface area (Å²) in [6.45, 7) is 12.0. The third-order valence-electron chi connectivity index (χ3n) is 7.83. The van der Waals surface area contributed by atoms with Crippen LogP contribution in [-0.4, -0.2) is 57.0 Å². The molecule has 0 atom stereocenters. The van der Waals surface area contributed by atoms with Gasteiger partial charge in [-0.15, -0.1) is 0 Å². The number of nitrogens with zero attached hydrogens (tertiary/aromatic N) is 4. The van der Waals surface area contributed by atoms with Gasteiger partial charge in [0.25, 0.3) is 5.91 Å². The molecule has 0 unspecified atom stereocenters. The SMILES string of the molecule is Cc1cc(C)c(-c2nc3c([nH]2)CN(C(=O)OC(C)(C)C)CC3)cc1C(=O)N1CCC(c2ccc(C#N)cc2)CC1. The lowest BCUT2D eigenvalue weighted by Gasteiger charge is -2.32. The average molecular weight is 540 g/mol. The van der Waals surface area contributed by atoms with Crippen molar-refractivity contribution < 1.29 is 14.3 Å². The van der Waals surface area contributed by atoms with E-state index in [1.165, 1.54) is 5.56 Å².